The summed E-state index contributed by atoms with van der Waals surface area (Å²) in [5, 5.41) is 3.95. The van der Waals surface area contributed by atoms with Gasteiger partial charge in [0.05, 0.1) is 24.9 Å². The molecule has 0 fully saturated rings. The third kappa shape index (κ3) is 2.31. The number of rotatable bonds is 4. The number of nitrogens with zero attached hydrogens (tertiary/aromatic N) is 2. The van der Waals surface area contributed by atoms with Gasteiger partial charge in [0.2, 0.25) is 0 Å². The third-order valence-electron chi connectivity index (χ3n) is 2.53. The van der Waals surface area contributed by atoms with Gasteiger partial charge in [-0.3, -0.25) is 0 Å². The summed E-state index contributed by atoms with van der Waals surface area (Å²) in [6.07, 6.45) is -1.28. The molecule has 2 rings (SSSR count). The second kappa shape index (κ2) is 5.35. The van der Waals surface area contributed by atoms with Crippen LogP contribution < -0.4 is 4.74 Å². The lowest BCUT2D eigenvalue weighted by molar-refractivity contribution is 0.142. The van der Waals surface area contributed by atoms with Crippen LogP contribution in [0.5, 0.6) is 5.75 Å². The molecule has 0 bridgehead atoms. The molecule has 3 nitrogen and oxygen atoms in total. The van der Waals surface area contributed by atoms with Gasteiger partial charge in [0.25, 0.3) is 6.43 Å². The molecule has 2 aromatic rings. The summed E-state index contributed by atoms with van der Waals surface area (Å²) in [5.41, 5.74) is 0.661. The molecular formula is C12H11ClF2N2O. The second-order valence-electron chi connectivity index (χ2n) is 3.60. The molecule has 1 aromatic carbocycles. The summed E-state index contributed by atoms with van der Waals surface area (Å²) in [6, 6.07) is 6.76. The first-order valence-corrected chi connectivity index (χ1v) is 5.76. The predicted octanol–water partition coefficient (Wildman–Crippen LogP) is 3.56. The summed E-state index contributed by atoms with van der Waals surface area (Å²) in [6.45, 7) is 0. The molecular weight excluding hydrogens is 262 g/mol. The lowest BCUT2D eigenvalue weighted by atomic mass is 10.2. The number of aromatic nitrogens is 2. The van der Waals surface area contributed by atoms with Crippen molar-refractivity contribution in [1.82, 2.24) is 9.78 Å². The normalized spacial score (nSPS) is 10.9. The van der Waals surface area contributed by atoms with Crippen LogP contribution in [0.4, 0.5) is 8.78 Å². The third-order valence-corrected chi connectivity index (χ3v) is 2.82. The molecule has 1 aromatic heterocycles. The Bertz CT molecular complexity index is 543. The first-order valence-electron chi connectivity index (χ1n) is 5.22. The minimum atomic E-state index is -2.63. The van der Waals surface area contributed by atoms with Crippen LogP contribution >= 0.6 is 11.6 Å². The standard InChI is InChI=1S/C12H11ClF2N2O/c1-18-10-4-2-3-9(5-10)17-11(12(14)15)8(6-13)7-16-17/h2-5,7,12H,6H2,1H3. The summed E-state index contributed by atoms with van der Waals surface area (Å²) < 4.78 is 32.3. The van der Waals surface area contributed by atoms with E-state index in [1.807, 2.05) is 0 Å². The first-order chi connectivity index (χ1) is 8.67. The maximum Gasteiger partial charge on any atom is 0.280 e. The van der Waals surface area contributed by atoms with E-state index in [4.69, 9.17) is 16.3 Å². The van der Waals surface area contributed by atoms with Crippen LogP contribution in [0, 0.1) is 0 Å². The molecule has 0 saturated carbocycles. The largest absolute Gasteiger partial charge is 0.497 e. The highest BCUT2D eigenvalue weighted by Gasteiger charge is 2.20. The summed E-state index contributed by atoms with van der Waals surface area (Å²) in [7, 11) is 1.51. The Balaban J connectivity index is 2.52. The minimum absolute atomic E-state index is 0.00361. The van der Waals surface area contributed by atoms with Gasteiger partial charge in [0.1, 0.15) is 11.4 Å². The number of hydrogen-bond acceptors (Lipinski definition) is 2. The molecule has 0 radical (unpaired) electrons. The number of alkyl halides is 3. The number of methoxy groups -OCH3 is 1. The van der Waals surface area contributed by atoms with E-state index >= 15 is 0 Å². The van der Waals surface area contributed by atoms with Crippen LogP contribution in [0.2, 0.25) is 0 Å². The average Bonchev–Trinajstić information content (AvgIpc) is 2.82. The van der Waals surface area contributed by atoms with Gasteiger partial charge in [0, 0.05) is 11.6 Å². The highest BCUT2D eigenvalue weighted by molar-refractivity contribution is 6.17. The quantitative estimate of drug-likeness (QED) is 0.796. The lowest BCUT2D eigenvalue weighted by Crippen LogP contribution is -2.04. The molecule has 96 valence electrons. The van der Waals surface area contributed by atoms with Crippen molar-refractivity contribution >= 4 is 11.6 Å². The van der Waals surface area contributed by atoms with Crippen LogP contribution in [0.3, 0.4) is 0 Å². The van der Waals surface area contributed by atoms with E-state index in [1.54, 1.807) is 24.3 Å². The van der Waals surface area contributed by atoms with Gasteiger partial charge in [-0.25, -0.2) is 13.5 Å². The van der Waals surface area contributed by atoms with Crippen molar-refractivity contribution < 1.29 is 13.5 Å². The first kappa shape index (κ1) is 12.8. The molecule has 6 heteroatoms. The fraction of sp³-hybridized carbons (Fsp3) is 0.250. The molecule has 0 saturated heterocycles. The number of ether oxygens (including phenoxy) is 1. The zero-order valence-electron chi connectivity index (χ0n) is 9.61. The molecule has 0 spiro atoms. The molecule has 0 aliphatic rings. The smallest absolute Gasteiger partial charge is 0.280 e. The van der Waals surface area contributed by atoms with Crippen molar-refractivity contribution in [2.45, 2.75) is 12.3 Å². The monoisotopic (exact) mass is 272 g/mol. The van der Waals surface area contributed by atoms with Gasteiger partial charge in [0.15, 0.2) is 0 Å². The Labute approximate surface area is 108 Å². The summed E-state index contributed by atoms with van der Waals surface area (Å²) in [5.74, 6) is 0.583. The van der Waals surface area contributed by atoms with E-state index in [0.717, 1.165) is 0 Å². The molecule has 0 N–H and O–H groups in total. The number of hydrogen-bond donors (Lipinski definition) is 0. The Morgan fingerprint density at radius 1 is 1.44 bits per heavy atom. The highest BCUT2D eigenvalue weighted by Crippen LogP contribution is 2.27. The van der Waals surface area contributed by atoms with Gasteiger partial charge in [-0.15, -0.1) is 11.6 Å². The molecule has 0 aliphatic carbocycles. The van der Waals surface area contributed by atoms with Gasteiger partial charge >= 0.3 is 0 Å². The van der Waals surface area contributed by atoms with Crippen LogP contribution in [0.1, 0.15) is 17.7 Å². The fourth-order valence-electron chi connectivity index (χ4n) is 1.68. The highest BCUT2D eigenvalue weighted by atomic mass is 35.5. The van der Waals surface area contributed by atoms with Crippen molar-refractivity contribution in [3.8, 4) is 11.4 Å². The maximum absolute atomic E-state index is 13.0. The molecule has 0 amide bonds. The Morgan fingerprint density at radius 3 is 2.83 bits per heavy atom. The predicted molar refractivity (Wildman–Crippen MR) is 64.6 cm³/mol. The van der Waals surface area contributed by atoms with Crippen molar-refractivity contribution in [2.24, 2.45) is 0 Å². The van der Waals surface area contributed by atoms with E-state index in [2.05, 4.69) is 5.10 Å². The van der Waals surface area contributed by atoms with Crippen LogP contribution in [0.25, 0.3) is 5.69 Å². The molecule has 0 atom stereocenters. The van der Waals surface area contributed by atoms with E-state index in [9.17, 15) is 8.78 Å². The Morgan fingerprint density at radius 2 is 2.22 bits per heavy atom. The van der Waals surface area contributed by atoms with Crippen LogP contribution in [-0.2, 0) is 5.88 Å². The van der Waals surface area contributed by atoms with E-state index in [1.165, 1.54) is 18.0 Å². The zero-order valence-corrected chi connectivity index (χ0v) is 10.4. The minimum Gasteiger partial charge on any atom is -0.497 e. The number of benzene rings is 1. The summed E-state index contributed by atoms with van der Waals surface area (Å²) in [4.78, 5) is 0. The van der Waals surface area contributed by atoms with Crippen molar-refractivity contribution in [3.05, 3.63) is 41.7 Å². The van der Waals surface area contributed by atoms with Crippen molar-refractivity contribution in [3.63, 3.8) is 0 Å². The molecule has 0 aliphatic heterocycles. The lowest BCUT2D eigenvalue weighted by Gasteiger charge is -2.09. The van der Waals surface area contributed by atoms with Crippen molar-refractivity contribution in [1.29, 1.82) is 0 Å². The van der Waals surface area contributed by atoms with Gasteiger partial charge in [-0.05, 0) is 12.1 Å². The van der Waals surface area contributed by atoms with E-state index in [0.29, 0.717) is 17.0 Å². The van der Waals surface area contributed by atoms with Crippen molar-refractivity contribution in [2.75, 3.05) is 7.11 Å². The van der Waals surface area contributed by atoms with Gasteiger partial charge in [-0.1, -0.05) is 6.07 Å². The van der Waals surface area contributed by atoms with Crippen LogP contribution in [-0.4, -0.2) is 16.9 Å². The topological polar surface area (TPSA) is 27.1 Å². The number of halogens is 3. The molecule has 1 heterocycles. The Kier molecular flexibility index (Phi) is 3.81. The second-order valence-corrected chi connectivity index (χ2v) is 3.87. The SMILES string of the molecule is COc1cccc(-n2ncc(CCl)c2C(F)F)c1. The van der Waals surface area contributed by atoms with E-state index < -0.39 is 6.43 Å². The maximum atomic E-state index is 13.0. The van der Waals surface area contributed by atoms with Gasteiger partial charge in [-0.2, -0.15) is 5.10 Å². The molecule has 0 unspecified atom stereocenters. The fourth-order valence-corrected chi connectivity index (χ4v) is 1.88. The summed E-state index contributed by atoms with van der Waals surface area (Å²) >= 11 is 5.62. The van der Waals surface area contributed by atoms with Crippen LogP contribution in [0.15, 0.2) is 30.5 Å². The Hall–Kier alpha value is -1.62. The average molecular weight is 273 g/mol. The molecule has 18 heavy (non-hydrogen) atoms. The van der Waals surface area contributed by atoms with E-state index in [-0.39, 0.29) is 11.6 Å². The van der Waals surface area contributed by atoms with Gasteiger partial charge < -0.3 is 4.74 Å². The zero-order chi connectivity index (χ0) is 13.1.